The van der Waals surface area contributed by atoms with E-state index in [1.165, 1.54) is 43.0 Å². The predicted octanol–water partition coefficient (Wildman–Crippen LogP) is 3.37. The van der Waals surface area contributed by atoms with Crippen molar-refractivity contribution in [2.24, 2.45) is 0 Å². The summed E-state index contributed by atoms with van der Waals surface area (Å²) in [5, 5.41) is 4.18. The van der Waals surface area contributed by atoms with Gasteiger partial charge in [-0.1, -0.05) is 6.07 Å². The second-order valence-corrected chi connectivity index (χ2v) is 9.95. The molecule has 0 bridgehead atoms. The minimum absolute atomic E-state index is 0.0377. The highest BCUT2D eigenvalue weighted by molar-refractivity contribution is 8.00. The van der Waals surface area contributed by atoms with Crippen LogP contribution in [0, 0.1) is 12.7 Å². The Kier molecular flexibility index (Phi) is 5.76. The molecule has 2 aromatic rings. The van der Waals surface area contributed by atoms with Crippen LogP contribution in [-0.2, 0) is 19.4 Å². The van der Waals surface area contributed by atoms with Gasteiger partial charge < -0.3 is 10.6 Å². The fourth-order valence-electron chi connectivity index (χ4n) is 2.72. The monoisotopic (exact) mass is 422 g/mol. The van der Waals surface area contributed by atoms with Gasteiger partial charge >= 0.3 is 0 Å². The van der Waals surface area contributed by atoms with Crippen LogP contribution in [0.1, 0.15) is 18.9 Å². The van der Waals surface area contributed by atoms with Crippen LogP contribution < -0.4 is 10.6 Å². The normalized spacial score (nSPS) is 14.8. The van der Waals surface area contributed by atoms with Gasteiger partial charge in [-0.3, -0.25) is 9.59 Å². The lowest BCUT2D eigenvalue weighted by molar-refractivity contribution is -0.116. The van der Waals surface area contributed by atoms with Gasteiger partial charge in [-0.05, 0) is 49.7 Å². The molecule has 6 nitrogen and oxygen atoms in total. The highest BCUT2D eigenvalue weighted by Gasteiger charge is 2.27. The van der Waals surface area contributed by atoms with E-state index in [1.807, 2.05) is 0 Å². The van der Waals surface area contributed by atoms with Crippen LogP contribution in [0.25, 0.3) is 0 Å². The van der Waals surface area contributed by atoms with Crippen LogP contribution >= 0.6 is 11.8 Å². The molecule has 1 aliphatic heterocycles. The van der Waals surface area contributed by atoms with Crippen molar-refractivity contribution in [1.82, 2.24) is 0 Å². The Bertz CT molecular complexity index is 1050. The number of halogens is 1. The average Bonchev–Trinajstić information content (AvgIpc) is 2.64. The van der Waals surface area contributed by atoms with Crippen LogP contribution in [0.2, 0.25) is 0 Å². The molecule has 0 unspecified atom stereocenters. The van der Waals surface area contributed by atoms with E-state index >= 15 is 0 Å². The van der Waals surface area contributed by atoms with E-state index in [1.54, 1.807) is 19.1 Å². The Morgan fingerprint density at radius 2 is 2.04 bits per heavy atom. The minimum atomic E-state index is -3.79. The molecule has 2 amide bonds. The number of nitrogens with one attached hydrogen (secondary N) is 2. The first-order valence-corrected chi connectivity index (χ1v) is 11.1. The van der Waals surface area contributed by atoms with Crippen molar-refractivity contribution in [3.05, 3.63) is 47.8 Å². The van der Waals surface area contributed by atoms with Crippen LogP contribution in [0.4, 0.5) is 15.8 Å². The highest BCUT2D eigenvalue weighted by atomic mass is 32.2. The van der Waals surface area contributed by atoms with E-state index in [-0.39, 0.29) is 28.7 Å². The first-order chi connectivity index (χ1) is 13.2. The van der Waals surface area contributed by atoms with Crippen molar-refractivity contribution in [2.75, 3.05) is 16.4 Å². The van der Waals surface area contributed by atoms with Crippen molar-refractivity contribution in [1.29, 1.82) is 0 Å². The maximum absolute atomic E-state index is 13.6. The second-order valence-electron chi connectivity index (χ2n) is 6.57. The Morgan fingerprint density at radius 3 is 2.75 bits per heavy atom. The van der Waals surface area contributed by atoms with Crippen LogP contribution in [0.5, 0.6) is 0 Å². The lowest BCUT2D eigenvalue weighted by atomic mass is 10.2. The number of thioether (sulfide) groups is 1. The fraction of sp³-hybridized carbons (Fsp3) is 0.263. The Labute approximate surface area is 166 Å². The van der Waals surface area contributed by atoms with E-state index in [2.05, 4.69) is 10.6 Å². The zero-order chi connectivity index (χ0) is 20.5. The summed E-state index contributed by atoms with van der Waals surface area (Å²) in [6.45, 7) is 3.05. The maximum atomic E-state index is 13.6. The summed E-state index contributed by atoms with van der Waals surface area (Å²) in [5.74, 6) is -0.881. The standard InChI is InChI=1S/C19H19FN2O4S2/c1-11-3-4-13(8-15(11)20)21-18(23)7-12(2)28(25,26)14-5-6-17-16(9-14)22-19(24)10-27-17/h3-6,8-9,12H,7,10H2,1-2H3,(H,21,23)(H,22,24)/t12-/m1/s1. The van der Waals surface area contributed by atoms with Gasteiger partial charge in [0.2, 0.25) is 11.8 Å². The van der Waals surface area contributed by atoms with E-state index < -0.39 is 26.8 Å². The number of fused-ring (bicyclic) bond motifs is 1. The molecule has 1 heterocycles. The molecule has 0 aliphatic carbocycles. The van der Waals surface area contributed by atoms with Crippen molar-refractivity contribution < 1.29 is 22.4 Å². The number of amides is 2. The largest absolute Gasteiger partial charge is 0.326 e. The lowest BCUT2D eigenvalue weighted by Crippen LogP contribution is -2.25. The summed E-state index contributed by atoms with van der Waals surface area (Å²) in [7, 11) is -3.79. The molecule has 9 heteroatoms. The highest BCUT2D eigenvalue weighted by Crippen LogP contribution is 2.34. The smallest absolute Gasteiger partial charge is 0.234 e. The number of benzene rings is 2. The molecule has 0 aromatic heterocycles. The summed E-state index contributed by atoms with van der Waals surface area (Å²) >= 11 is 1.34. The fourth-order valence-corrected chi connectivity index (χ4v) is 4.89. The third-order valence-electron chi connectivity index (χ3n) is 4.37. The Morgan fingerprint density at radius 1 is 1.29 bits per heavy atom. The number of rotatable bonds is 5. The Balaban J connectivity index is 1.73. The van der Waals surface area contributed by atoms with Crippen LogP contribution in [0.15, 0.2) is 46.2 Å². The van der Waals surface area contributed by atoms with Crippen molar-refractivity contribution in [2.45, 2.75) is 35.3 Å². The van der Waals surface area contributed by atoms with Gasteiger partial charge in [0.25, 0.3) is 0 Å². The molecule has 0 fully saturated rings. The van der Waals surface area contributed by atoms with E-state index in [0.717, 1.165) is 4.90 Å². The molecule has 2 N–H and O–H groups in total. The molecule has 2 aromatic carbocycles. The predicted molar refractivity (Wildman–Crippen MR) is 107 cm³/mol. The van der Waals surface area contributed by atoms with Gasteiger partial charge in [0.1, 0.15) is 5.82 Å². The van der Waals surface area contributed by atoms with E-state index in [4.69, 9.17) is 0 Å². The average molecular weight is 423 g/mol. The maximum Gasteiger partial charge on any atom is 0.234 e. The number of hydrogen-bond donors (Lipinski definition) is 2. The van der Waals surface area contributed by atoms with Gasteiger partial charge in [0.15, 0.2) is 9.84 Å². The van der Waals surface area contributed by atoms with Gasteiger partial charge in [-0.15, -0.1) is 11.8 Å². The molecule has 0 radical (unpaired) electrons. The molecule has 0 spiro atoms. The number of aryl methyl sites for hydroxylation is 1. The number of anilines is 2. The lowest BCUT2D eigenvalue weighted by Gasteiger charge is -2.18. The third kappa shape index (κ3) is 4.36. The molecular formula is C19H19FN2O4S2. The first kappa shape index (κ1) is 20.3. The topological polar surface area (TPSA) is 92.3 Å². The van der Waals surface area contributed by atoms with Gasteiger partial charge in [-0.25, -0.2) is 12.8 Å². The van der Waals surface area contributed by atoms with E-state index in [9.17, 15) is 22.4 Å². The molecule has 1 atom stereocenters. The molecular weight excluding hydrogens is 403 g/mol. The SMILES string of the molecule is Cc1ccc(NC(=O)C[C@@H](C)S(=O)(=O)c2ccc3c(c2)NC(=O)CS3)cc1F. The number of sulfone groups is 1. The van der Waals surface area contributed by atoms with Crippen molar-refractivity contribution >= 4 is 44.8 Å². The van der Waals surface area contributed by atoms with Gasteiger partial charge in [-0.2, -0.15) is 0 Å². The quantitative estimate of drug-likeness (QED) is 0.771. The zero-order valence-corrected chi connectivity index (χ0v) is 16.9. The van der Waals surface area contributed by atoms with Crippen molar-refractivity contribution in [3.8, 4) is 0 Å². The molecule has 148 valence electrons. The van der Waals surface area contributed by atoms with Crippen LogP contribution in [0.3, 0.4) is 0 Å². The molecule has 3 rings (SSSR count). The summed E-state index contributed by atoms with van der Waals surface area (Å²) in [6, 6.07) is 8.81. The zero-order valence-electron chi connectivity index (χ0n) is 15.3. The second kappa shape index (κ2) is 7.92. The molecule has 1 aliphatic rings. The number of carbonyl (C=O) groups is 2. The summed E-state index contributed by atoms with van der Waals surface area (Å²) < 4.78 is 39.2. The van der Waals surface area contributed by atoms with Crippen molar-refractivity contribution in [3.63, 3.8) is 0 Å². The van der Waals surface area contributed by atoms with Gasteiger partial charge in [0.05, 0.1) is 21.6 Å². The summed E-state index contributed by atoms with van der Waals surface area (Å²) in [6.07, 6.45) is -0.282. The summed E-state index contributed by atoms with van der Waals surface area (Å²) in [4.78, 5) is 24.6. The van der Waals surface area contributed by atoms with Gasteiger partial charge in [0, 0.05) is 17.0 Å². The minimum Gasteiger partial charge on any atom is -0.326 e. The molecule has 0 saturated carbocycles. The van der Waals surface area contributed by atoms with E-state index in [0.29, 0.717) is 11.3 Å². The third-order valence-corrected chi connectivity index (χ3v) is 7.58. The molecule has 0 saturated heterocycles. The summed E-state index contributed by atoms with van der Waals surface area (Å²) in [5.41, 5.74) is 1.17. The number of carbonyl (C=O) groups excluding carboxylic acids is 2. The molecule has 28 heavy (non-hydrogen) atoms. The number of hydrogen-bond acceptors (Lipinski definition) is 5. The first-order valence-electron chi connectivity index (χ1n) is 8.53. The van der Waals surface area contributed by atoms with Crippen LogP contribution in [-0.4, -0.2) is 31.2 Å². The Hall–Kier alpha value is -2.39.